The zero-order valence-corrected chi connectivity index (χ0v) is 10.7. The number of carbonyl (C=O) groups is 2. The van der Waals surface area contributed by atoms with Crippen molar-refractivity contribution < 1.29 is 19.4 Å². The maximum atomic E-state index is 11.6. The normalized spacial score (nSPS) is 11.9. The molecule has 1 unspecified atom stereocenters. The maximum Gasteiger partial charge on any atom is 0.326 e. The molecule has 17 heavy (non-hydrogen) atoms. The third-order valence-corrected chi connectivity index (χ3v) is 2.40. The van der Waals surface area contributed by atoms with E-state index in [9.17, 15) is 9.59 Å². The van der Waals surface area contributed by atoms with Gasteiger partial charge in [0.25, 0.3) is 0 Å². The minimum absolute atomic E-state index is 0.263. The van der Waals surface area contributed by atoms with E-state index >= 15 is 0 Å². The monoisotopic (exact) mass is 246 g/mol. The number of unbranched alkanes of at least 4 members (excludes halogenated alkanes) is 1. The van der Waals surface area contributed by atoms with Crippen LogP contribution < -0.4 is 5.32 Å². The minimum Gasteiger partial charge on any atom is -0.480 e. The van der Waals surface area contributed by atoms with Crippen LogP contribution in [0.5, 0.6) is 0 Å². The molecule has 0 bridgehead atoms. The molecule has 0 aromatic carbocycles. The summed E-state index contributed by atoms with van der Waals surface area (Å²) < 4.78 is 4.80. The Morgan fingerprint density at radius 1 is 1.47 bits per heavy atom. The molecule has 0 saturated carbocycles. The zero-order valence-electron chi connectivity index (χ0n) is 10.7. The van der Waals surface area contributed by atoms with Crippen molar-refractivity contribution >= 4 is 12.0 Å². The molecule has 2 amide bonds. The number of aliphatic carboxylic acids is 1. The molecule has 0 aromatic rings. The van der Waals surface area contributed by atoms with Crippen LogP contribution in [0.4, 0.5) is 4.79 Å². The molecule has 0 aromatic heterocycles. The highest BCUT2D eigenvalue weighted by atomic mass is 16.5. The predicted molar refractivity (Wildman–Crippen MR) is 64.0 cm³/mol. The van der Waals surface area contributed by atoms with Gasteiger partial charge in [-0.1, -0.05) is 13.3 Å². The van der Waals surface area contributed by atoms with E-state index in [1.807, 2.05) is 6.92 Å². The number of carboxylic acid groups (broad SMARTS) is 1. The minimum atomic E-state index is -1.04. The average molecular weight is 246 g/mol. The topological polar surface area (TPSA) is 78.9 Å². The van der Waals surface area contributed by atoms with Crippen molar-refractivity contribution in [3.8, 4) is 0 Å². The number of carbonyl (C=O) groups excluding carboxylic acids is 1. The lowest BCUT2D eigenvalue weighted by Gasteiger charge is -2.21. The lowest BCUT2D eigenvalue weighted by atomic mass is 10.2. The van der Waals surface area contributed by atoms with Gasteiger partial charge in [-0.15, -0.1) is 0 Å². The van der Waals surface area contributed by atoms with E-state index in [-0.39, 0.29) is 12.5 Å². The second kappa shape index (κ2) is 8.81. The molecule has 0 aliphatic carbocycles. The molecule has 0 aliphatic rings. The summed E-state index contributed by atoms with van der Waals surface area (Å²) in [5, 5.41) is 11.4. The summed E-state index contributed by atoms with van der Waals surface area (Å²) in [6.45, 7) is 2.96. The Bertz CT molecular complexity index is 246. The molecule has 1 atom stereocenters. The van der Waals surface area contributed by atoms with E-state index in [1.54, 1.807) is 7.05 Å². The Morgan fingerprint density at radius 2 is 2.12 bits per heavy atom. The van der Waals surface area contributed by atoms with E-state index in [0.29, 0.717) is 13.2 Å². The summed E-state index contributed by atoms with van der Waals surface area (Å²) in [6.07, 6.45) is 2.16. The molecule has 0 radical (unpaired) electrons. The number of nitrogens with zero attached hydrogens (tertiary/aromatic N) is 1. The van der Waals surface area contributed by atoms with Gasteiger partial charge in [0, 0.05) is 33.7 Å². The number of carboxylic acids is 1. The maximum absolute atomic E-state index is 11.6. The SMILES string of the molecule is CCCCN(C)C(=O)NC(CCOC)C(=O)O. The zero-order chi connectivity index (χ0) is 13.3. The first-order chi connectivity index (χ1) is 8.02. The first-order valence-electron chi connectivity index (χ1n) is 5.76. The number of hydrogen-bond donors (Lipinski definition) is 2. The second-order valence-electron chi connectivity index (χ2n) is 3.90. The van der Waals surface area contributed by atoms with E-state index in [4.69, 9.17) is 9.84 Å². The highest BCUT2D eigenvalue weighted by molar-refractivity contribution is 5.82. The van der Waals surface area contributed by atoms with Crippen molar-refractivity contribution in [3.05, 3.63) is 0 Å². The fourth-order valence-corrected chi connectivity index (χ4v) is 1.25. The van der Waals surface area contributed by atoms with Gasteiger partial charge in [0.05, 0.1) is 0 Å². The van der Waals surface area contributed by atoms with Crippen molar-refractivity contribution in [1.29, 1.82) is 0 Å². The molecule has 0 fully saturated rings. The Hall–Kier alpha value is -1.30. The summed E-state index contributed by atoms with van der Waals surface area (Å²) in [7, 11) is 3.15. The van der Waals surface area contributed by atoms with Gasteiger partial charge in [-0.05, 0) is 6.42 Å². The van der Waals surface area contributed by atoms with Crippen LogP contribution >= 0.6 is 0 Å². The Morgan fingerprint density at radius 3 is 2.59 bits per heavy atom. The number of amides is 2. The van der Waals surface area contributed by atoms with Crippen LogP contribution in [0.2, 0.25) is 0 Å². The second-order valence-corrected chi connectivity index (χ2v) is 3.90. The van der Waals surface area contributed by atoms with Crippen molar-refractivity contribution in [2.24, 2.45) is 0 Å². The summed E-state index contributed by atoms with van der Waals surface area (Å²) in [5.74, 6) is -1.04. The smallest absolute Gasteiger partial charge is 0.326 e. The van der Waals surface area contributed by atoms with Gasteiger partial charge in [-0.2, -0.15) is 0 Å². The number of urea groups is 1. The fraction of sp³-hybridized carbons (Fsp3) is 0.818. The molecule has 6 nitrogen and oxygen atoms in total. The van der Waals surface area contributed by atoms with E-state index in [2.05, 4.69) is 5.32 Å². The molecule has 0 aliphatic heterocycles. The van der Waals surface area contributed by atoms with Crippen LogP contribution in [-0.2, 0) is 9.53 Å². The molecular weight excluding hydrogens is 224 g/mol. The molecular formula is C11H22N2O4. The Kier molecular flexibility index (Phi) is 8.13. The average Bonchev–Trinajstić information content (AvgIpc) is 2.30. The van der Waals surface area contributed by atoms with Crippen molar-refractivity contribution in [2.45, 2.75) is 32.2 Å². The van der Waals surface area contributed by atoms with Gasteiger partial charge >= 0.3 is 12.0 Å². The molecule has 2 N–H and O–H groups in total. The predicted octanol–water partition coefficient (Wildman–Crippen LogP) is 0.918. The lowest BCUT2D eigenvalue weighted by Crippen LogP contribution is -2.47. The van der Waals surface area contributed by atoms with E-state index < -0.39 is 12.0 Å². The van der Waals surface area contributed by atoms with Crippen LogP contribution in [0.25, 0.3) is 0 Å². The first-order valence-corrected chi connectivity index (χ1v) is 5.76. The Balaban J connectivity index is 4.15. The summed E-state index contributed by atoms with van der Waals surface area (Å²) in [4.78, 5) is 24.0. The van der Waals surface area contributed by atoms with Crippen molar-refractivity contribution in [3.63, 3.8) is 0 Å². The number of nitrogens with one attached hydrogen (secondary N) is 1. The van der Waals surface area contributed by atoms with E-state index in [1.165, 1.54) is 12.0 Å². The van der Waals surface area contributed by atoms with Crippen LogP contribution in [0, 0.1) is 0 Å². The largest absolute Gasteiger partial charge is 0.480 e. The number of ether oxygens (including phenoxy) is 1. The van der Waals surface area contributed by atoms with Gasteiger partial charge in [-0.3, -0.25) is 0 Å². The number of methoxy groups -OCH3 is 1. The number of hydrogen-bond acceptors (Lipinski definition) is 3. The first kappa shape index (κ1) is 15.7. The molecule has 0 saturated heterocycles. The third-order valence-electron chi connectivity index (χ3n) is 2.40. The quantitative estimate of drug-likeness (QED) is 0.667. The summed E-state index contributed by atoms with van der Waals surface area (Å²) >= 11 is 0. The Labute approximate surface area is 102 Å². The van der Waals surface area contributed by atoms with Crippen LogP contribution in [0.3, 0.4) is 0 Å². The summed E-state index contributed by atoms with van der Waals surface area (Å²) in [6, 6.07) is -1.26. The van der Waals surface area contributed by atoms with Gasteiger partial charge in [0.15, 0.2) is 0 Å². The van der Waals surface area contributed by atoms with Crippen molar-refractivity contribution in [1.82, 2.24) is 10.2 Å². The standard InChI is InChI=1S/C11H22N2O4/c1-4-5-7-13(2)11(16)12-9(10(14)15)6-8-17-3/h9H,4-8H2,1-3H3,(H,12,16)(H,14,15). The van der Waals surface area contributed by atoms with Gasteiger partial charge in [0.2, 0.25) is 0 Å². The number of rotatable bonds is 8. The van der Waals surface area contributed by atoms with Crippen molar-refractivity contribution in [2.75, 3.05) is 27.3 Å². The van der Waals surface area contributed by atoms with Gasteiger partial charge in [-0.25, -0.2) is 9.59 Å². The highest BCUT2D eigenvalue weighted by Crippen LogP contribution is 1.97. The van der Waals surface area contributed by atoms with Gasteiger partial charge < -0.3 is 20.1 Å². The highest BCUT2D eigenvalue weighted by Gasteiger charge is 2.20. The van der Waals surface area contributed by atoms with Crippen LogP contribution in [0.1, 0.15) is 26.2 Å². The summed E-state index contributed by atoms with van der Waals surface area (Å²) in [5.41, 5.74) is 0. The third kappa shape index (κ3) is 6.78. The molecule has 0 heterocycles. The molecule has 6 heteroatoms. The van der Waals surface area contributed by atoms with Gasteiger partial charge in [0.1, 0.15) is 6.04 Å². The fourth-order valence-electron chi connectivity index (χ4n) is 1.25. The lowest BCUT2D eigenvalue weighted by molar-refractivity contribution is -0.139. The molecule has 0 rings (SSSR count). The van der Waals surface area contributed by atoms with Crippen LogP contribution in [0.15, 0.2) is 0 Å². The van der Waals surface area contributed by atoms with E-state index in [0.717, 1.165) is 12.8 Å². The molecule has 0 spiro atoms. The molecule has 100 valence electrons. The van der Waals surface area contributed by atoms with Crippen LogP contribution in [-0.4, -0.2) is 55.4 Å².